The summed E-state index contributed by atoms with van der Waals surface area (Å²) in [6.07, 6.45) is 4.87. The van der Waals surface area contributed by atoms with Crippen molar-refractivity contribution in [1.82, 2.24) is 14.5 Å². The zero-order chi connectivity index (χ0) is 26.7. The molecule has 1 saturated carbocycles. The molecule has 7 nitrogen and oxygen atoms in total. The minimum absolute atomic E-state index is 0.0189. The first-order valence-corrected chi connectivity index (χ1v) is 14.8. The predicted octanol–water partition coefficient (Wildman–Crippen LogP) is 6.37. The van der Waals surface area contributed by atoms with Gasteiger partial charge in [-0.15, -0.1) is 0 Å². The van der Waals surface area contributed by atoms with Crippen LogP contribution in [0.3, 0.4) is 0 Å². The third-order valence-corrected chi connectivity index (χ3v) is 8.32. The number of aromatic nitrogens is 2. The van der Waals surface area contributed by atoms with Gasteiger partial charge in [-0.2, -0.15) is 13.5 Å². The van der Waals surface area contributed by atoms with Gasteiger partial charge in [0.25, 0.3) is 10.2 Å². The fourth-order valence-electron chi connectivity index (χ4n) is 4.95. The normalized spacial score (nSPS) is 18.2. The van der Waals surface area contributed by atoms with Crippen LogP contribution in [0.4, 0.5) is 0 Å². The maximum atomic E-state index is 13.4. The molecule has 1 heterocycles. The van der Waals surface area contributed by atoms with Gasteiger partial charge in [-0.05, 0) is 68.4 Å². The lowest BCUT2D eigenvalue weighted by atomic mass is 9.79. The van der Waals surface area contributed by atoms with Gasteiger partial charge in [-0.1, -0.05) is 59.8 Å². The van der Waals surface area contributed by atoms with Gasteiger partial charge in [0, 0.05) is 34.1 Å². The summed E-state index contributed by atoms with van der Waals surface area (Å²) in [4.78, 5) is 13.4. The van der Waals surface area contributed by atoms with Crippen molar-refractivity contribution in [2.75, 3.05) is 6.54 Å². The van der Waals surface area contributed by atoms with E-state index in [2.05, 4.69) is 4.72 Å². The molecule has 0 radical (unpaired) electrons. The molecule has 1 aromatic heterocycles. The molecule has 3 N–H and O–H groups in total. The summed E-state index contributed by atoms with van der Waals surface area (Å²) in [5.41, 5.74) is 3.46. The number of hydrogen-bond donors (Lipinski definition) is 2. The van der Waals surface area contributed by atoms with Gasteiger partial charge >= 0.3 is 0 Å². The highest BCUT2D eigenvalue weighted by atomic mass is 35.5. The number of carbonyl (C=O) groups excluding carboxylic acids is 1. The first kappa shape index (κ1) is 28.1. The van der Waals surface area contributed by atoms with Crippen LogP contribution in [-0.2, 0) is 10.2 Å². The van der Waals surface area contributed by atoms with Crippen LogP contribution >= 0.6 is 34.8 Å². The second-order valence-electron chi connectivity index (χ2n) is 9.58. The average molecular weight is 584 g/mol. The third kappa shape index (κ3) is 7.13. The highest BCUT2D eigenvalue weighted by Crippen LogP contribution is 2.35. The van der Waals surface area contributed by atoms with E-state index in [9.17, 15) is 13.2 Å². The standard InChI is InChI=1S/C26H29Cl3N4O3S/c1-16-25(24(34)13-6-17-2-4-18(5-3-17)15-31-37(30,35)36)32-33(23-12-11-21(28)14-22(23)29)26(16)19-7-9-20(27)10-8-19/h7-12,14,17-18,31H,2-6,13,15H2,1H3,(H2,30,35,36). The first-order valence-electron chi connectivity index (χ1n) is 12.1. The van der Waals surface area contributed by atoms with E-state index in [1.165, 1.54) is 0 Å². The number of carbonyl (C=O) groups is 1. The molecule has 0 amide bonds. The van der Waals surface area contributed by atoms with Gasteiger partial charge in [0.05, 0.1) is 16.4 Å². The van der Waals surface area contributed by atoms with E-state index >= 15 is 0 Å². The van der Waals surface area contributed by atoms with E-state index < -0.39 is 10.2 Å². The zero-order valence-corrected chi connectivity index (χ0v) is 23.5. The maximum absolute atomic E-state index is 13.4. The van der Waals surface area contributed by atoms with Crippen molar-refractivity contribution in [1.29, 1.82) is 0 Å². The molecule has 1 aliphatic carbocycles. The van der Waals surface area contributed by atoms with Crippen LogP contribution < -0.4 is 9.86 Å². The Bertz CT molecular complexity index is 1380. The van der Waals surface area contributed by atoms with Gasteiger partial charge in [0.15, 0.2) is 5.78 Å². The Morgan fingerprint density at radius 3 is 2.27 bits per heavy atom. The van der Waals surface area contributed by atoms with E-state index in [1.54, 1.807) is 35.0 Å². The molecule has 37 heavy (non-hydrogen) atoms. The minimum atomic E-state index is -3.67. The monoisotopic (exact) mass is 582 g/mol. The quantitative estimate of drug-likeness (QED) is 0.285. The molecule has 3 aromatic rings. The molecular weight excluding hydrogens is 555 g/mol. The number of benzene rings is 2. The van der Waals surface area contributed by atoms with Gasteiger partial charge in [0.1, 0.15) is 5.69 Å². The molecule has 0 aliphatic heterocycles. The molecule has 1 fully saturated rings. The Hall–Kier alpha value is -1.94. The number of halogens is 3. The van der Waals surface area contributed by atoms with Crippen LogP contribution in [0.1, 0.15) is 54.6 Å². The summed E-state index contributed by atoms with van der Waals surface area (Å²) in [6.45, 7) is 2.26. The lowest BCUT2D eigenvalue weighted by Gasteiger charge is -2.28. The molecule has 0 atom stereocenters. The fourth-order valence-corrected chi connectivity index (χ4v) is 6.03. The van der Waals surface area contributed by atoms with Crippen molar-refractivity contribution in [3.05, 3.63) is 68.8 Å². The van der Waals surface area contributed by atoms with Crippen molar-refractivity contribution in [2.24, 2.45) is 17.0 Å². The van der Waals surface area contributed by atoms with E-state index in [0.29, 0.717) is 45.3 Å². The topological polar surface area (TPSA) is 107 Å². The molecule has 4 rings (SSSR count). The van der Waals surface area contributed by atoms with Crippen molar-refractivity contribution in [3.8, 4) is 16.9 Å². The van der Waals surface area contributed by atoms with E-state index in [4.69, 9.17) is 45.0 Å². The number of nitrogens with two attached hydrogens (primary N) is 1. The Labute approximate surface area is 232 Å². The van der Waals surface area contributed by atoms with Gasteiger partial charge in [-0.25, -0.2) is 14.5 Å². The summed E-state index contributed by atoms with van der Waals surface area (Å²) in [5, 5.41) is 11.3. The molecule has 11 heteroatoms. The van der Waals surface area contributed by atoms with Crippen LogP contribution in [0.2, 0.25) is 15.1 Å². The van der Waals surface area contributed by atoms with Crippen molar-refractivity contribution < 1.29 is 13.2 Å². The molecule has 0 unspecified atom stereocenters. The average Bonchev–Trinajstić information content (AvgIpc) is 3.18. The van der Waals surface area contributed by atoms with Gasteiger partial charge in [0.2, 0.25) is 0 Å². The smallest absolute Gasteiger partial charge is 0.274 e. The SMILES string of the molecule is Cc1c(C(=O)CCC2CCC(CNS(N)(=O)=O)CC2)nn(-c2ccc(Cl)cc2Cl)c1-c1ccc(Cl)cc1. The van der Waals surface area contributed by atoms with Crippen LogP contribution in [-0.4, -0.2) is 30.5 Å². The lowest BCUT2D eigenvalue weighted by Crippen LogP contribution is -2.35. The zero-order valence-electron chi connectivity index (χ0n) is 20.4. The Balaban J connectivity index is 1.51. The summed E-state index contributed by atoms with van der Waals surface area (Å²) in [6, 6.07) is 12.6. The number of Topliss-reactive ketones (excluding diaryl/α,β-unsaturated/α-hetero) is 1. The summed E-state index contributed by atoms with van der Waals surface area (Å²) < 4.78 is 26.4. The molecule has 0 spiro atoms. The Kier molecular flexibility index (Phi) is 8.99. The van der Waals surface area contributed by atoms with Crippen LogP contribution in [0.15, 0.2) is 42.5 Å². The molecular formula is C26H29Cl3N4O3S. The summed E-state index contributed by atoms with van der Waals surface area (Å²) >= 11 is 18.7. The second kappa shape index (κ2) is 11.8. The Morgan fingerprint density at radius 1 is 1.03 bits per heavy atom. The predicted molar refractivity (Wildman–Crippen MR) is 149 cm³/mol. The largest absolute Gasteiger partial charge is 0.292 e. The van der Waals surface area contributed by atoms with Crippen LogP contribution in [0.25, 0.3) is 16.9 Å². The minimum Gasteiger partial charge on any atom is -0.292 e. The molecule has 198 valence electrons. The lowest BCUT2D eigenvalue weighted by molar-refractivity contribution is 0.0962. The van der Waals surface area contributed by atoms with Crippen LogP contribution in [0, 0.1) is 18.8 Å². The molecule has 0 bridgehead atoms. The third-order valence-electron chi connectivity index (χ3n) is 6.96. The van der Waals surface area contributed by atoms with Crippen LogP contribution in [0.5, 0.6) is 0 Å². The number of nitrogens with zero attached hydrogens (tertiary/aromatic N) is 2. The highest BCUT2D eigenvalue weighted by molar-refractivity contribution is 7.87. The number of hydrogen-bond acceptors (Lipinski definition) is 4. The fraction of sp³-hybridized carbons (Fsp3) is 0.385. The van der Waals surface area contributed by atoms with E-state index in [1.807, 2.05) is 19.1 Å². The van der Waals surface area contributed by atoms with Crippen molar-refractivity contribution in [2.45, 2.75) is 45.4 Å². The highest BCUT2D eigenvalue weighted by Gasteiger charge is 2.26. The number of rotatable bonds is 9. The van der Waals surface area contributed by atoms with Gasteiger partial charge in [-0.3, -0.25) is 4.79 Å². The molecule has 0 saturated heterocycles. The number of nitrogens with one attached hydrogen (secondary N) is 1. The van der Waals surface area contributed by atoms with E-state index in [-0.39, 0.29) is 11.7 Å². The molecule has 1 aliphatic rings. The molecule has 2 aromatic carbocycles. The first-order chi connectivity index (χ1) is 17.5. The van der Waals surface area contributed by atoms with Crippen molar-refractivity contribution >= 4 is 50.8 Å². The van der Waals surface area contributed by atoms with Gasteiger partial charge < -0.3 is 0 Å². The number of ketones is 1. The van der Waals surface area contributed by atoms with Crippen molar-refractivity contribution in [3.63, 3.8) is 0 Å². The summed E-state index contributed by atoms with van der Waals surface area (Å²) in [7, 11) is -3.67. The maximum Gasteiger partial charge on any atom is 0.274 e. The Morgan fingerprint density at radius 2 is 1.65 bits per heavy atom. The van der Waals surface area contributed by atoms with E-state index in [0.717, 1.165) is 48.9 Å². The summed E-state index contributed by atoms with van der Waals surface area (Å²) in [5.74, 6) is 0.669. The second-order valence-corrected chi connectivity index (χ2v) is 12.2.